The average Bonchev–Trinajstić information content (AvgIpc) is 2.91. The van der Waals surface area contributed by atoms with Crippen LogP contribution in [0.4, 0.5) is 0 Å². The molecule has 5 unspecified atom stereocenters. The summed E-state index contributed by atoms with van der Waals surface area (Å²) in [6.45, 7) is 0. The molecule has 0 spiro atoms. The van der Waals surface area contributed by atoms with Crippen LogP contribution in [0.5, 0.6) is 0 Å². The van der Waals surface area contributed by atoms with Crippen LogP contribution in [0, 0.1) is 22.3 Å². The van der Waals surface area contributed by atoms with E-state index in [0.717, 1.165) is 13.5 Å². The van der Waals surface area contributed by atoms with Gasteiger partial charge < -0.3 is 25.1 Å². The highest BCUT2D eigenvalue weighted by Gasteiger charge is 2.57. The maximum Gasteiger partial charge on any atom is 0.309 e. The summed E-state index contributed by atoms with van der Waals surface area (Å²) in [5.41, 5.74) is 0. The molecule has 0 amide bonds. The van der Waals surface area contributed by atoms with E-state index in [4.69, 9.17) is 9.57 Å². The minimum Gasteiger partial charge on any atom is -0.762 e. The first-order valence-corrected chi connectivity index (χ1v) is 5.72. The molecule has 3 aliphatic rings. The van der Waals surface area contributed by atoms with E-state index in [9.17, 15) is 15.5 Å². The highest BCUT2D eigenvalue weighted by molar-refractivity contribution is 5.61. The van der Waals surface area contributed by atoms with E-state index < -0.39 is 12.2 Å². The lowest BCUT2D eigenvalue weighted by Gasteiger charge is -2.30. The Bertz CT molecular complexity index is 410. The van der Waals surface area contributed by atoms with E-state index in [1.807, 2.05) is 0 Å². The average molecular weight is 256 g/mol. The molecule has 3 fully saturated rings. The van der Waals surface area contributed by atoms with E-state index >= 15 is 0 Å². The third kappa shape index (κ3) is 1.71. The molecule has 0 aromatic rings. The van der Waals surface area contributed by atoms with Crippen molar-refractivity contribution in [3.63, 3.8) is 0 Å². The highest BCUT2D eigenvalue weighted by atomic mass is 16.9. The van der Waals surface area contributed by atoms with Crippen molar-refractivity contribution in [1.82, 2.24) is 5.23 Å². The van der Waals surface area contributed by atoms with Gasteiger partial charge >= 0.3 is 6.08 Å². The topological polar surface area (TPSA) is 119 Å². The second-order valence-corrected chi connectivity index (χ2v) is 4.82. The zero-order valence-corrected chi connectivity index (χ0v) is 9.63. The van der Waals surface area contributed by atoms with Crippen molar-refractivity contribution in [3.8, 4) is 0 Å². The van der Waals surface area contributed by atoms with Gasteiger partial charge in [-0.05, 0) is 18.8 Å². The van der Waals surface area contributed by atoms with Crippen LogP contribution in [0.25, 0.3) is 0 Å². The predicted octanol–water partition coefficient (Wildman–Crippen LogP) is -0.883. The van der Waals surface area contributed by atoms with Crippen molar-refractivity contribution in [2.24, 2.45) is 22.2 Å². The standard InChI is InChI=1S/C9H13N4O5/c1-12(15)11-10-9(14)17-7-4-2-5-6(3-4)13(16)18-8(5)7/h4-8H,2-3H2,1H3,(H,10,14)/q-1/p-1. The number of nitrogens with zero attached hydrogens (tertiary/aromatic N) is 4. The van der Waals surface area contributed by atoms with Crippen LogP contribution >= 0.6 is 0 Å². The van der Waals surface area contributed by atoms with Crippen molar-refractivity contribution in [3.05, 3.63) is 10.4 Å². The fourth-order valence-corrected chi connectivity index (χ4v) is 3.20. The van der Waals surface area contributed by atoms with Gasteiger partial charge in [0.05, 0.1) is 11.2 Å². The highest BCUT2D eigenvalue weighted by Crippen LogP contribution is 2.53. The molecule has 2 bridgehead atoms. The number of hydrogen-bond donors (Lipinski definition) is 0. The Labute approximate surface area is 102 Å². The Morgan fingerprint density at radius 3 is 3.00 bits per heavy atom. The Kier molecular flexibility index (Phi) is 2.61. The number of hydrogen-bond acceptors (Lipinski definition) is 7. The molecule has 1 saturated heterocycles. The molecule has 1 aliphatic heterocycles. The van der Waals surface area contributed by atoms with E-state index in [-0.39, 0.29) is 28.8 Å². The molecule has 0 aromatic carbocycles. The number of fused-ring (bicyclic) bond motifs is 1. The molecular formula is C9H12N4O5-2. The third-order valence-electron chi connectivity index (χ3n) is 3.81. The monoisotopic (exact) mass is 256 g/mol. The molecule has 9 nitrogen and oxygen atoms in total. The van der Waals surface area contributed by atoms with Crippen molar-refractivity contribution in [2.45, 2.75) is 31.1 Å². The van der Waals surface area contributed by atoms with E-state index in [1.165, 1.54) is 0 Å². The summed E-state index contributed by atoms with van der Waals surface area (Å²) in [5.74, 6) is 0.262. The summed E-state index contributed by atoms with van der Waals surface area (Å²) in [7, 11) is 1.11. The zero-order chi connectivity index (χ0) is 12.9. The molecule has 2 aliphatic carbocycles. The van der Waals surface area contributed by atoms with E-state index in [0.29, 0.717) is 11.6 Å². The number of rotatable bonds is 2. The van der Waals surface area contributed by atoms with Gasteiger partial charge in [0, 0.05) is 18.1 Å². The van der Waals surface area contributed by atoms with E-state index in [1.54, 1.807) is 0 Å². The van der Waals surface area contributed by atoms with Gasteiger partial charge in [0.15, 0.2) is 0 Å². The second kappa shape index (κ2) is 4.04. The lowest BCUT2D eigenvalue weighted by molar-refractivity contribution is -0.500. The fourth-order valence-electron chi connectivity index (χ4n) is 3.20. The molecular weight excluding hydrogens is 244 g/mol. The van der Waals surface area contributed by atoms with Gasteiger partial charge in [0.25, 0.3) is 0 Å². The van der Waals surface area contributed by atoms with Crippen molar-refractivity contribution in [2.75, 3.05) is 7.05 Å². The quantitative estimate of drug-likeness (QED) is 0.208. The molecule has 0 radical (unpaired) electrons. The molecule has 0 aromatic heterocycles. The Balaban J connectivity index is 1.69. The van der Waals surface area contributed by atoms with Gasteiger partial charge in [-0.1, -0.05) is 0 Å². The minimum atomic E-state index is -0.931. The first-order valence-electron chi connectivity index (χ1n) is 5.72. The predicted molar refractivity (Wildman–Crippen MR) is 54.4 cm³/mol. The fraction of sp³-hybridized carbons (Fsp3) is 0.889. The first kappa shape index (κ1) is 11.6. The molecule has 0 N–H and O–H groups in total. The van der Waals surface area contributed by atoms with Gasteiger partial charge in [-0.3, -0.25) is 5.23 Å². The Morgan fingerprint density at radius 2 is 2.28 bits per heavy atom. The second-order valence-electron chi connectivity index (χ2n) is 4.82. The Morgan fingerprint density at radius 1 is 1.50 bits per heavy atom. The van der Waals surface area contributed by atoms with Gasteiger partial charge in [0.1, 0.15) is 12.3 Å². The van der Waals surface area contributed by atoms with Crippen LogP contribution < -0.4 is 5.11 Å². The third-order valence-corrected chi connectivity index (χ3v) is 3.81. The summed E-state index contributed by atoms with van der Waals surface area (Å²) >= 11 is 0. The molecule has 9 heteroatoms. The van der Waals surface area contributed by atoms with Gasteiger partial charge in [-0.2, -0.15) is 4.86 Å². The molecule has 5 atom stereocenters. The SMILES string of the molecule is C[N+]([O-])=NN=C([O-])OC1C2CC3C1ON([O-])C3C2. The molecule has 2 saturated carbocycles. The van der Waals surface area contributed by atoms with Crippen molar-refractivity contribution in [1.29, 1.82) is 0 Å². The van der Waals surface area contributed by atoms with Crippen LogP contribution in [-0.2, 0) is 9.57 Å². The van der Waals surface area contributed by atoms with E-state index in [2.05, 4.69) is 10.3 Å². The maximum atomic E-state index is 11.4. The van der Waals surface area contributed by atoms with Crippen LogP contribution in [0.1, 0.15) is 12.8 Å². The summed E-state index contributed by atoms with van der Waals surface area (Å²) < 4.78 is 5.12. The number of ether oxygens (including phenoxy) is 1. The summed E-state index contributed by atoms with van der Waals surface area (Å²) in [6.07, 6.45) is -0.282. The molecule has 1 heterocycles. The van der Waals surface area contributed by atoms with Crippen LogP contribution in [-0.4, -0.2) is 41.5 Å². The molecule has 3 rings (SSSR count). The van der Waals surface area contributed by atoms with Crippen LogP contribution in [0.15, 0.2) is 10.3 Å². The lowest BCUT2D eigenvalue weighted by Crippen LogP contribution is -2.40. The lowest BCUT2D eigenvalue weighted by atomic mass is 9.92. The van der Waals surface area contributed by atoms with Gasteiger partial charge in [0.2, 0.25) is 0 Å². The van der Waals surface area contributed by atoms with Crippen LogP contribution in [0.2, 0.25) is 0 Å². The van der Waals surface area contributed by atoms with Crippen molar-refractivity contribution >= 4 is 6.08 Å². The minimum absolute atomic E-state index is 0.107. The first-order chi connectivity index (χ1) is 8.56. The largest absolute Gasteiger partial charge is 0.762 e. The zero-order valence-electron chi connectivity index (χ0n) is 9.63. The summed E-state index contributed by atoms with van der Waals surface area (Å²) in [4.78, 5) is 5.29. The molecule has 100 valence electrons. The smallest absolute Gasteiger partial charge is 0.309 e. The number of hydroxylamine groups is 3. The normalized spacial score (nSPS) is 43.8. The maximum absolute atomic E-state index is 11.4. The summed E-state index contributed by atoms with van der Waals surface area (Å²) in [6, 6.07) is -0.107. The summed E-state index contributed by atoms with van der Waals surface area (Å²) in [5, 5.41) is 39.9. The van der Waals surface area contributed by atoms with Gasteiger partial charge in [-0.25, -0.2) is 0 Å². The Hall–Kier alpha value is -1.45. The van der Waals surface area contributed by atoms with Gasteiger partial charge in [-0.15, -0.1) is 0 Å². The molecule has 18 heavy (non-hydrogen) atoms. The van der Waals surface area contributed by atoms with Crippen molar-refractivity contribution < 1.29 is 19.5 Å². The van der Waals surface area contributed by atoms with Crippen LogP contribution in [0.3, 0.4) is 0 Å².